The molecule has 0 aliphatic rings. The molecule has 0 unspecified atom stereocenters. The van der Waals surface area contributed by atoms with Crippen LogP contribution in [0.3, 0.4) is 0 Å². The van der Waals surface area contributed by atoms with Crippen LogP contribution < -0.4 is 14.8 Å². The molecule has 0 heterocycles. The van der Waals surface area contributed by atoms with E-state index in [1.54, 1.807) is 43.5 Å². The molecule has 0 saturated heterocycles. The molecule has 7 heteroatoms. The van der Waals surface area contributed by atoms with Crippen molar-refractivity contribution in [2.24, 2.45) is 0 Å². The topological polar surface area (TPSA) is 73.9 Å². The van der Waals surface area contributed by atoms with E-state index in [4.69, 9.17) is 14.2 Å². The van der Waals surface area contributed by atoms with Gasteiger partial charge in [-0.3, -0.25) is 4.79 Å². The van der Waals surface area contributed by atoms with Gasteiger partial charge in [-0.25, -0.2) is 4.79 Å². The Kier molecular flexibility index (Phi) is 6.41. The predicted molar refractivity (Wildman–Crippen MR) is 97.1 cm³/mol. The number of amides is 1. The molecule has 1 N–H and O–H groups in total. The summed E-state index contributed by atoms with van der Waals surface area (Å²) in [6.07, 6.45) is 0. The summed E-state index contributed by atoms with van der Waals surface area (Å²) in [6.45, 7) is 1.42. The Morgan fingerprint density at radius 2 is 1.80 bits per heavy atom. The summed E-state index contributed by atoms with van der Waals surface area (Å²) in [6, 6.07) is 10.0. The van der Waals surface area contributed by atoms with E-state index in [1.165, 1.54) is 14.0 Å². The predicted octanol–water partition coefficient (Wildman–Crippen LogP) is 3.78. The van der Waals surface area contributed by atoms with Gasteiger partial charge in [0.15, 0.2) is 0 Å². The van der Waals surface area contributed by atoms with Gasteiger partial charge >= 0.3 is 5.97 Å². The van der Waals surface area contributed by atoms with E-state index < -0.39 is 5.97 Å². The van der Waals surface area contributed by atoms with Crippen LogP contribution in [0, 0.1) is 0 Å². The maximum atomic E-state index is 12.3. The molecular weight excluding hydrogens is 390 g/mol. The Bertz CT molecular complexity index is 791. The number of nitrogens with one attached hydrogen (secondary N) is 1. The lowest BCUT2D eigenvalue weighted by molar-refractivity contribution is -0.114. The molecule has 0 aliphatic carbocycles. The molecule has 25 heavy (non-hydrogen) atoms. The number of rotatable bonds is 6. The van der Waals surface area contributed by atoms with E-state index in [2.05, 4.69) is 21.2 Å². The van der Waals surface area contributed by atoms with E-state index in [9.17, 15) is 9.59 Å². The van der Waals surface area contributed by atoms with Crippen LogP contribution in [0.4, 0.5) is 5.69 Å². The van der Waals surface area contributed by atoms with Crippen LogP contribution in [0.15, 0.2) is 40.9 Å². The third-order valence-electron chi connectivity index (χ3n) is 3.33. The van der Waals surface area contributed by atoms with Gasteiger partial charge in [-0.2, -0.15) is 0 Å². The molecule has 0 spiro atoms. The van der Waals surface area contributed by atoms with Crippen LogP contribution in [0.2, 0.25) is 0 Å². The number of carbonyl (C=O) groups excluding carboxylic acids is 2. The molecule has 0 bridgehead atoms. The fourth-order valence-electron chi connectivity index (χ4n) is 2.19. The molecule has 0 saturated carbocycles. The second kappa shape index (κ2) is 8.53. The zero-order chi connectivity index (χ0) is 18.4. The van der Waals surface area contributed by atoms with Crippen LogP contribution in [0.5, 0.6) is 11.5 Å². The van der Waals surface area contributed by atoms with Crippen molar-refractivity contribution in [3.63, 3.8) is 0 Å². The van der Waals surface area contributed by atoms with E-state index >= 15 is 0 Å². The number of ether oxygens (including phenoxy) is 3. The Labute approximate surface area is 154 Å². The molecular formula is C18H18BrNO5. The normalized spacial score (nSPS) is 10.1. The highest BCUT2D eigenvalue weighted by atomic mass is 79.9. The fourth-order valence-corrected chi connectivity index (χ4v) is 2.67. The van der Waals surface area contributed by atoms with Crippen LogP contribution >= 0.6 is 15.9 Å². The van der Waals surface area contributed by atoms with Gasteiger partial charge in [0, 0.05) is 18.2 Å². The van der Waals surface area contributed by atoms with E-state index in [0.717, 1.165) is 4.47 Å². The van der Waals surface area contributed by atoms with E-state index in [-0.39, 0.29) is 12.5 Å². The third-order valence-corrected chi connectivity index (χ3v) is 3.95. The third kappa shape index (κ3) is 4.96. The highest BCUT2D eigenvalue weighted by molar-refractivity contribution is 9.10. The number of hydrogen-bond acceptors (Lipinski definition) is 5. The summed E-state index contributed by atoms with van der Waals surface area (Å²) in [5.74, 6) is 0.473. The molecule has 0 atom stereocenters. The highest BCUT2D eigenvalue weighted by Crippen LogP contribution is 2.33. The van der Waals surface area contributed by atoms with Gasteiger partial charge in [0.05, 0.1) is 24.3 Å². The standard InChI is InChI=1S/C18H18BrNO5/c1-11(21)20-14-6-4-5-12(7-14)18(22)25-10-13-8-17(24-3)15(19)9-16(13)23-2/h4-9H,10H2,1-3H3,(H,20,21). The first kappa shape index (κ1) is 18.8. The Hall–Kier alpha value is -2.54. The number of methoxy groups -OCH3 is 2. The quantitative estimate of drug-likeness (QED) is 0.737. The summed E-state index contributed by atoms with van der Waals surface area (Å²) < 4.78 is 16.6. The molecule has 132 valence electrons. The lowest BCUT2D eigenvalue weighted by Crippen LogP contribution is -2.09. The van der Waals surface area contributed by atoms with Crippen molar-refractivity contribution in [2.45, 2.75) is 13.5 Å². The van der Waals surface area contributed by atoms with E-state index in [0.29, 0.717) is 28.3 Å². The zero-order valence-corrected chi connectivity index (χ0v) is 15.7. The van der Waals surface area contributed by atoms with Gasteiger partial charge in [0.25, 0.3) is 0 Å². The molecule has 0 aromatic heterocycles. The molecule has 2 aromatic rings. The molecule has 0 aliphatic heterocycles. The summed E-state index contributed by atoms with van der Waals surface area (Å²) >= 11 is 3.38. The minimum Gasteiger partial charge on any atom is -0.496 e. The van der Waals surface area contributed by atoms with Crippen molar-refractivity contribution in [2.75, 3.05) is 19.5 Å². The van der Waals surface area contributed by atoms with Gasteiger partial charge < -0.3 is 19.5 Å². The van der Waals surface area contributed by atoms with Crippen molar-refractivity contribution < 1.29 is 23.8 Å². The van der Waals surface area contributed by atoms with Gasteiger partial charge in [0.1, 0.15) is 18.1 Å². The van der Waals surface area contributed by atoms with Gasteiger partial charge in [-0.1, -0.05) is 6.07 Å². The van der Waals surface area contributed by atoms with Crippen molar-refractivity contribution in [1.29, 1.82) is 0 Å². The average molecular weight is 408 g/mol. The SMILES string of the molecule is COc1cc(COC(=O)c2cccc(NC(C)=O)c2)c(OC)cc1Br. The van der Waals surface area contributed by atoms with Crippen LogP contribution in [0.1, 0.15) is 22.8 Å². The van der Waals surface area contributed by atoms with Crippen molar-refractivity contribution in [3.8, 4) is 11.5 Å². The minimum atomic E-state index is -0.504. The van der Waals surface area contributed by atoms with Crippen molar-refractivity contribution >= 4 is 33.5 Å². The van der Waals surface area contributed by atoms with E-state index in [1.807, 2.05) is 0 Å². The number of carbonyl (C=O) groups is 2. The number of benzene rings is 2. The fraction of sp³-hybridized carbons (Fsp3) is 0.222. The second-order valence-corrected chi connectivity index (χ2v) is 5.99. The van der Waals surface area contributed by atoms with Crippen LogP contribution in [-0.2, 0) is 16.1 Å². The first-order valence-corrected chi connectivity index (χ1v) is 8.19. The monoisotopic (exact) mass is 407 g/mol. The summed E-state index contributed by atoms with van der Waals surface area (Å²) in [7, 11) is 3.09. The number of anilines is 1. The molecule has 0 fully saturated rings. The Morgan fingerprint density at radius 1 is 1.08 bits per heavy atom. The molecule has 2 aromatic carbocycles. The smallest absolute Gasteiger partial charge is 0.338 e. The first-order valence-electron chi connectivity index (χ1n) is 7.39. The lowest BCUT2D eigenvalue weighted by Gasteiger charge is -2.13. The highest BCUT2D eigenvalue weighted by Gasteiger charge is 2.13. The van der Waals surface area contributed by atoms with Crippen molar-refractivity contribution in [3.05, 3.63) is 52.0 Å². The molecule has 6 nitrogen and oxygen atoms in total. The average Bonchev–Trinajstić information content (AvgIpc) is 2.59. The van der Waals surface area contributed by atoms with Crippen LogP contribution in [-0.4, -0.2) is 26.1 Å². The summed E-state index contributed by atoms with van der Waals surface area (Å²) in [5, 5.41) is 2.62. The minimum absolute atomic E-state index is 0.0238. The molecule has 2 rings (SSSR count). The number of esters is 1. The largest absolute Gasteiger partial charge is 0.496 e. The molecule has 0 radical (unpaired) electrons. The second-order valence-electron chi connectivity index (χ2n) is 5.14. The van der Waals surface area contributed by atoms with Crippen LogP contribution in [0.25, 0.3) is 0 Å². The summed E-state index contributed by atoms with van der Waals surface area (Å²) in [4.78, 5) is 23.4. The first-order chi connectivity index (χ1) is 11.9. The Balaban J connectivity index is 2.13. The van der Waals surface area contributed by atoms with Gasteiger partial charge in [-0.15, -0.1) is 0 Å². The van der Waals surface area contributed by atoms with Crippen molar-refractivity contribution in [1.82, 2.24) is 0 Å². The zero-order valence-electron chi connectivity index (χ0n) is 14.1. The van der Waals surface area contributed by atoms with Gasteiger partial charge in [-0.05, 0) is 46.3 Å². The van der Waals surface area contributed by atoms with Gasteiger partial charge in [0.2, 0.25) is 5.91 Å². The number of halogens is 1. The maximum absolute atomic E-state index is 12.3. The Morgan fingerprint density at radius 3 is 2.44 bits per heavy atom. The lowest BCUT2D eigenvalue weighted by atomic mass is 10.2. The summed E-state index contributed by atoms with van der Waals surface area (Å²) in [5.41, 5.74) is 1.55. The number of hydrogen-bond donors (Lipinski definition) is 1. The molecule has 1 amide bonds. The maximum Gasteiger partial charge on any atom is 0.338 e.